The smallest absolute Gasteiger partial charge is 0.0708 e. The topological polar surface area (TPSA) is 39.6 Å². The Morgan fingerprint density at radius 2 is 1.84 bits per heavy atom. The maximum atomic E-state index is 10.6. The van der Waals surface area contributed by atoms with Crippen LogP contribution in [0, 0.1) is 6.92 Å². The molecule has 25 heavy (non-hydrogen) atoms. The fraction of sp³-hybridized carbons (Fsp3) is 0.450. The molecule has 0 saturated carbocycles. The predicted molar refractivity (Wildman–Crippen MR) is 106 cm³/mol. The summed E-state index contributed by atoms with van der Waals surface area (Å²) in [5.74, 6) is 0. The summed E-state index contributed by atoms with van der Waals surface area (Å²) in [6, 6.07) is 12.7. The van der Waals surface area contributed by atoms with Crippen molar-refractivity contribution in [3.63, 3.8) is 0 Å². The van der Waals surface area contributed by atoms with Crippen molar-refractivity contribution in [2.24, 2.45) is 0 Å². The van der Waals surface area contributed by atoms with E-state index in [1.54, 1.807) is 0 Å². The van der Waals surface area contributed by atoms with Gasteiger partial charge >= 0.3 is 0 Å². The number of hydroxylamine groups is 1. The molecule has 2 heterocycles. The molecule has 1 fully saturated rings. The molecule has 1 aliphatic rings. The Hall–Kier alpha value is -1.32. The fourth-order valence-corrected chi connectivity index (χ4v) is 3.48. The normalized spacial score (nSPS) is 21.4. The van der Waals surface area contributed by atoms with E-state index in [1.165, 1.54) is 10.7 Å². The molecular formula is C20H28N3OP. The van der Waals surface area contributed by atoms with Gasteiger partial charge in [0.05, 0.1) is 16.8 Å². The first-order valence-electron chi connectivity index (χ1n) is 8.73. The van der Waals surface area contributed by atoms with Crippen molar-refractivity contribution in [3.8, 4) is 11.3 Å². The number of benzene rings is 1. The molecule has 1 saturated heterocycles. The summed E-state index contributed by atoms with van der Waals surface area (Å²) >= 11 is 0. The van der Waals surface area contributed by atoms with Gasteiger partial charge in [-0.15, -0.1) is 14.4 Å². The minimum atomic E-state index is -0.332. The highest BCUT2D eigenvalue weighted by molar-refractivity contribution is 7.27. The SMILES string of the molecule is Cc1cc([C@]2(C)CCN2N(O)C(C)(C)C)cc(-c2ccc(P)cc2)n1. The highest BCUT2D eigenvalue weighted by atomic mass is 31.0. The van der Waals surface area contributed by atoms with Crippen LogP contribution in [0.5, 0.6) is 0 Å². The van der Waals surface area contributed by atoms with Crippen molar-refractivity contribution in [1.82, 2.24) is 15.2 Å². The van der Waals surface area contributed by atoms with Crippen molar-refractivity contribution in [3.05, 3.63) is 47.7 Å². The second kappa shape index (κ2) is 6.44. The summed E-state index contributed by atoms with van der Waals surface area (Å²) in [6.07, 6.45) is 1.01. The van der Waals surface area contributed by atoms with E-state index >= 15 is 0 Å². The molecule has 0 spiro atoms. The first-order chi connectivity index (χ1) is 11.6. The van der Waals surface area contributed by atoms with Crippen LogP contribution in [0.15, 0.2) is 36.4 Å². The summed E-state index contributed by atoms with van der Waals surface area (Å²) in [5, 5.41) is 15.2. The van der Waals surface area contributed by atoms with E-state index in [2.05, 4.69) is 57.6 Å². The number of hydrogen-bond acceptors (Lipinski definition) is 4. The van der Waals surface area contributed by atoms with Crippen LogP contribution in [0.25, 0.3) is 11.3 Å². The van der Waals surface area contributed by atoms with Gasteiger partial charge in [-0.1, -0.05) is 24.3 Å². The molecule has 2 atom stereocenters. The number of hydrogen-bond donors (Lipinski definition) is 1. The van der Waals surface area contributed by atoms with Crippen LogP contribution in [-0.2, 0) is 5.54 Å². The van der Waals surface area contributed by atoms with E-state index in [0.717, 1.165) is 35.2 Å². The van der Waals surface area contributed by atoms with Crippen molar-refractivity contribution >= 4 is 14.5 Å². The molecule has 1 unspecified atom stereocenters. The Kier molecular flexibility index (Phi) is 4.76. The number of rotatable bonds is 3. The van der Waals surface area contributed by atoms with Crippen molar-refractivity contribution in [2.75, 3.05) is 6.54 Å². The van der Waals surface area contributed by atoms with Gasteiger partial charge in [0, 0.05) is 17.8 Å². The number of hydrazine groups is 1. The first kappa shape index (κ1) is 18.5. The van der Waals surface area contributed by atoms with Gasteiger partial charge in [-0.2, -0.15) is 0 Å². The second-order valence-electron chi connectivity index (χ2n) is 8.11. The van der Waals surface area contributed by atoms with Crippen LogP contribution in [-0.4, -0.2) is 32.5 Å². The van der Waals surface area contributed by atoms with Gasteiger partial charge in [0.2, 0.25) is 0 Å². The minimum Gasteiger partial charge on any atom is -0.298 e. The van der Waals surface area contributed by atoms with Gasteiger partial charge in [-0.05, 0) is 64.0 Å². The van der Waals surface area contributed by atoms with Gasteiger partial charge < -0.3 is 0 Å². The molecule has 0 radical (unpaired) electrons. The van der Waals surface area contributed by atoms with E-state index in [1.807, 2.05) is 27.7 Å². The van der Waals surface area contributed by atoms with Crippen LogP contribution in [0.2, 0.25) is 0 Å². The summed E-state index contributed by atoms with van der Waals surface area (Å²) in [7, 11) is 2.71. The number of aryl methyl sites for hydroxylation is 1. The third-order valence-electron chi connectivity index (χ3n) is 4.99. The van der Waals surface area contributed by atoms with Crippen molar-refractivity contribution in [1.29, 1.82) is 0 Å². The van der Waals surface area contributed by atoms with E-state index in [0.29, 0.717) is 0 Å². The third-order valence-corrected chi connectivity index (χ3v) is 5.38. The zero-order valence-corrected chi connectivity index (χ0v) is 16.9. The lowest BCUT2D eigenvalue weighted by Crippen LogP contribution is -2.66. The standard InChI is InChI=1S/C20H28N3OP/c1-14-12-16(13-18(21-14)15-6-8-17(25)9-7-15)20(5)10-11-22(20)23(24)19(2,3)4/h6-9,12-13,24H,10-11,25H2,1-5H3/t20-/m0/s1. The molecule has 134 valence electrons. The van der Waals surface area contributed by atoms with Crippen LogP contribution in [0.4, 0.5) is 0 Å². The Balaban J connectivity index is 1.99. The molecule has 0 bridgehead atoms. The molecule has 1 N–H and O–H groups in total. The lowest BCUT2D eigenvalue weighted by molar-refractivity contribution is -0.355. The van der Waals surface area contributed by atoms with Gasteiger partial charge in [0.25, 0.3) is 0 Å². The quantitative estimate of drug-likeness (QED) is 0.668. The van der Waals surface area contributed by atoms with E-state index in [4.69, 9.17) is 4.98 Å². The number of aromatic nitrogens is 1. The van der Waals surface area contributed by atoms with Crippen LogP contribution in [0.3, 0.4) is 0 Å². The van der Waals surface area contributed by atoms with Gasteiger partial charge in [0.1, 0.15) is 0 Å². The maximum Gasteiger partial charge on any atom is 0.0708 e. The summed E-state index contributed by atoms with van der Waals surface area (Å²) in [5.41, 5.74) is 3.73. The molecule has 0 amide bonds. The fourth-order valence-electron chi connectivity index (χ4n) is 3.29. The van der Waals surface area contributed by atoms with E-state index in [9.17, 15) is 5.21 Å². The van der Waals surface area contributed by atoms with Crippen molar-refractivity contribution < 1.29 is 5.21 Å². The minimum absolute atomic E-state index is 0.217. The molecule has 3 rings (SSSR count). The predicted octanol–water partition coefficient (Wildman–Crippen LogP) is 3.88. The molecule has 1 aliphatic heterocycles. The van der Waals surface area contributed by atoms with Crippen LogP contribution >= 0.6 is 9.24 Å². The van der Waals surface area contributed by atoms with E-state index in [-0.39, 0.29) is 11.1 Å². The molecule has 1 aromatic carbocycles. The van der Waals surface area contributed by atoms with Crippen LogP contribution in [0.1, 0.15) is 45.4 Å². The van der Waals surface area contributed by atoms with Crippen LogP contribution < -0.4 is 5.30 Å². The molecule has 0 aliphatic carbocycles. The Bertz CT molecular complexity index is 770. The van der Waals surface area contributed by atoms with Gasteiger partial charge in [0.15, 0.2) is 0 Å². The molecular weight excluding hydrogens is 329 g/mol. The highest BCUT2D eigenvalue weighted by Crippen LogP contribution is 2.43. The summed E-state index contributed by atoms with van der Waals surface area (Å²) in [4.78, 5) is 4.72. The molecule has 4 nitrogen and oxygen atoms in total. The Labute approximate surface area is 153 Å². The third kappa shape index (κ3) is 3.50. The summed E-state index contributed by atoms with van der Waals surface area (Å²) < 4.78 is 0. The largest absolute Gasteiger partial charge is 0.298 e. The lowest BCUT2D eigenvalue weighted by atomic mass is 9.80. The van der Waals surface area contributed by atoms with Gasteiger partial charge in [-0.25, -0.2) is 5.01 Å². The summed E-state index contributed by atoms with van der Waals surface area (Å²) in [6.45, 7) is 11.1. The highest BCUT2D eigenvalue weighted by Gasteiger charge is 2.47. The second-order valence-corrected chi connectivity index (χ2v) is 8.78. The molecule has 1 aromatic heterocycles. The Morgan fingerprint density at radius 3 is 2.36 bits per heavy atom. The average Bonchev–Trinajstić information content (AvgIpc) is 2.52. The van der Waals surface area contributed by atoms with Gasteiger partial charge in [-0.3, -0.25) is 10.2 Å². The van der Waals surface area contributed by atoms with Crippen molar-refractivity contribution in [2.45, 2.75) is 52.1 Å². The molecule has 2 aromatic rings. The van der Waals surface area contributed by atoms with E-state index < -0.39 is 0 Å². The zero-order valence-electron chi connectivity index (χ0n) is 15.7. The lowest BCUT2D eigenvalue weighted by Gasteiger charge is -2.56. The zero-order chi connectivity index (χ0) is 18.4. The Morgan fingerprint density at radius 1 is 1.20 bits per heavy atom. The monoisotopic (exact) mass is 357 g/mol. The number of nitrogens with zero attached hydrogens (tertiary/aromatic N) is 3. The number of pyridine rings is 1. The molecule has 5 heteroatoms. The maximum absolute atomic E-state index is 10.6. The average molecular weight is 357 g/mol. The first-order valence-corrected chi connectivity index (χ1v) is 9.31.